The summed E-state index contributed by atoms with van der Waals surface area (Å²) >= 11 is 0. The molecule has 0 fully saturated rings. The van der Waals surface area contributed by atoms with E-state index < -0.39 is 0 Å². The van der Waals surface area contributed by atoms with E-state index in [1.54, 1.807) is 0 Å². The fourth-order valence-electron chi connectivity index (χ4n) is 1.94. The molecule has 3 nitrogen and oxygen atoms in total. The van der Waals surface area contributed by atoms with E-state index in [4.69, 9.17) is 5.73 Å². The van der Waals surface area contributed by atoms with Crippen LogP contribution in [0.4, 0.5) is 0 Å². The molecule has 3 N–H and O–H groups in total. The van der Waals surface area contributed by atoms with Crippen molar-refractivity contribution < 1.29 is 0 Å². The third kappa shape index (κ3) is 3.25. The van der Waals surface area contributed by atoms with Crippen molar-refractivity contribution in [1.29, 1.82) is 0 Å². The van der Waals surface area contributed by atoms with Gasteiger partial charge in [-0.1, -0.05) is 24.3 Å². The Hall–Kier alpha value is -1.45. The van der Waals surface area contributed by atoms with Gasteiger partial charge in [0.2, 0.25) is 0 Å². The van der Waals surface area contributed by atoms with Crippen molar-refractivity contribution in [2.45, 2.75) is 12.8 Å². The van der Waals surface area contributed by atoms with E-state index >= 15 is 0 Å². The largest absolute Gasteiger partial charge is 0.330 e. The Morgan fingerprint density at radius 1 is 1.12 bits per heavy atom. The summed E-state index contributed by atoms with van der Waals surface area (Å²) in [6, 6.07) is 10.4. The molecular weight excluding hydrogens is 210 g/mol. The van der Waals surface area contributed by atoms with Gasteiger partial charge in [0.05, 0.1) is 5.52 Å². The van der Waals surface area contributed by atoms with Crippen LogP contribution >= 0.6 is 0 Å². The third-order valence-corrected chi connectivity index (χ3v) is 2.85. The van der Waals surface area contributed by atoms with Crippen molar-refractivity contribution in [2.75, 3.05) is 19.6 Å². The van der Waals surface area contributed by atoms with Gasteiger partial charge in [-0.3, -0.25) is 4.98 Å². The number of aromatic nitrogens is 1. The number of pyridine rings is 1. The number of hydrogen-bond donors (Lipinski definition) is 2. The van der Waals surface area contributed by atoms with Crippen LogP contribution in [-0.4, -0.2) is 24.6 Å². The molecule has 0 aliphatic heterocycles. The smallest absolute Gasteiger partial charge is 0.0734 e. The molecule has 0 unspecified atom stereocenters. The number of fused-ring (bicyclic) bond motifs is 1. The van der Waals surface area contributed by atoms with Crippen molar-refractivity contribution in [1.82, 2.24) is 10.3 Å². The molecule has 0 aliphatic rings. The summed E-state index contributed by atoms with van der Waals surface area (Å²) in [5.41, 5.74) is 7.88. The lowest BCUT2D eigenvalue weighted by atomic mass is 10.1. The predicted octanol–water partition coefficient (Wildman–Crippen LogP) is 1.72. The monoisotopic (exact) mass is 229 g/mol. The first-order valence-corrected chi connectivity index (χ1v) is 6.15. The van der Waals surface area contributed by atoms with Gasteiger partial charge >= 0.3 is 0 Å². The molecule has 0 saturated carbocycles. The van der Waals surface area contributed by atoms with Crippen molar-refractivity contribution in [3.8, 4) is 0 Å². The van der Waals surface area contributed by atoms with Crippen molar-refractivity contribution >= 4 is 10.9 Å². The topological polar surface area (TPSA) is 50.9 Å². The van der Waals surface area contributed by atoms with Gasteiger partial charge in [-0.2, -0.15) is 0 Å². The van der Waals surface area contributed by atoms with Gasteiger partial charge in [0, 0.05) is 11.6 Å². The second kappa shape index (κ2) is 6.33. The maximum absolute atomic E-state index is 5.45. The second-order valence-electron chi connectivity index (χ2n) is 4.13. The Morgan fingerprint density at radius 3 is 2.88 bits per heavy atom. The highest BCUT2D eigenvalue weighted by Gasteiger charge is 2.00. The standard InChI is InChI=1S/C14H19N3/c15-8-3-9-16-11-7-13-5-1-4-12-6-2-10-17-14(12)13/h1-2,4-6,10,16H,3,7-9,11,15H2. The molecule has 0 spiro atoms. The molecule has 90 valence electrons. The first-order chi connectivity index (χ1) is 8.42. The molecule has 0 bridgehead atoms. The molecule has 0 aliphatic carbocycles. The average Bonchev–Trinajstić information content (AvgIpc) is 2.39. The summed E-state index contributed by atoms with van der Waals surface area (Å²) in [4.78, 5) is 4.45. The summed E-state index contributed by atoms with van der Waals surface area (Å²) in [7, 11) is 0. The summed E-state index contributed by atoms with van der Waals surface area (Å²) in [5, 5.41) is 4.61. The highest BCUT2D eigenvalue weighted by atomic mass is 14.8. The lowest BCUT2D eigenvalue weighted by Crippen LogP contribution is -2.20. The Morgan fingerprint density at radius 2 is 2.00 bits per heavy atom. The number of nitrogens with zero attached hydrogens (tertiary/aromatic N) is 1. The maximum atomic E-state index is 5.45. The van der Waals surface area contributed by atoms with Gasteiger partial charge in [-0.15, -0.1) is 0 Å². The van der Waals surface area contributed by atoms with Crippen LogP contribution in [0.5, 0.6) is 0 Å². The quantitative estimate of drug-likeness (QED) is 0.741. The molecule has 2 rings (SSSR count). The predicted molar refractivity (Wildman–Crippen MR) is 72.0 cm³/mol. The minimum absolute atomic E-state index is 0.753. The first kappa shape index (κ1) is 12.0. The van der Waals surface area contributed by atoms with Gasteiger partial charge in [0.15, 0.2) is 0 Å². The molecule has 0 atom stereocenters. The minimum atomic E-state index is 0.753. The minimum Gasteiger partial charge on any atom is -0.330 e. The molecule has 1 aromatic heterocycles. The average molecular weight is 229 g/mol. The van der Waals surface area contributed by atoms with Crippen LogP contribution in [0.1, 0.15) is 12.0 Å². The number of para-hydroxylation sites is 1. The fraction of sp³-hybridized carbons (Fsp3) is 0.357. The summed E-state index contributed by atoms with van der Waals surface area (Å²) in [6.45, 7) is 2.73. The van der Waals surface area contributed by atoms with Crippen LogP contribution in [0.15, 0.2) is 36.5 Å². The molecule has 17 heavy (non-hydrogen) atoms. The van der Waals surface area contributed by atoms with Crippen LogP contribution < -0.4 is 11.1 Å². The zero-order valence-electron chi connectivity index (χ0n) is 10.0. The van der Waals surface area contributed by atoms with Crippen LogP contribution in [-0.2, 0) is 6.42 Å². The number of hydrogen-bond acceptors (Lipinski definition) is 3. The van der Waals surface area contributed by atoms with E-state index in [2.05, 4.69) is 34.6 Å². The van der Waals surface area contributed by atoms with E-state index in [1.807, 2.05) is 12.3 Å². The zero-order valence-corrected chi connectivity index (χ0v) is 10.0. The molecule has 2 aromatic rings. The number of benzene rings is 1. The van der Waals surface area contributed by atoms with Gasteiger partial charge in [-0.05, 0) is 44.1 Å². The molecule has 3 heteroatoms. The van der Waals surface area contributed by atoms with Crippen molar-refractivity contribution in [3.05, 3.63) is 42.1 Å². The molecule has 0 radical (unpaired) electrons. The highest BCUT2D eigenvalue weighted by molar-refractivity contribution is 5.81. The SMILES string of the molecule is NCCCNCCc1cccc2cccnc12. The zero-order chi connectivity index (χ0) is 11.9. The van der Waals surface area contributed by atoms with E-state index in [0.29, 0.717) is 0 Å². The highest BCUT2D eigenvalue weighted by Crippen LogP contribution is 2.15. The van der Waals surface area contributed by atoms with Crippen molar-refractivity contribution in [2.24, 2.45) is 5.73 Å². The summed E-state index contributed by atoms with van der Waals surface area (Å²) in [5.74, 6) is 0. The van der Waals surface area contributed by atoms with Gasteiger partial charge in [-0.25, -0.2) is 0 Å². The van der Waals surface area contributed by atoms with Crippen LogP contribution in [0.25, 0.3) is 10.9 Å². The van der Waals surface area contributed by atoms with Crippen LogP contribution in [0.2, 0.25) is 0 Å². The number of nitrogens with two attached hydrogens (primary N) is 1. The second-order valence-corrected chi connectivity index (χ2v) is 4.13. The fourth-order valence-corrected chi connectivity index (χ4v) is 1.94. The molecule has 0 saturated heterocycles. The maximum Gasteiger partial charge on any atom is 0.0734 e. The van der Waals surface area contributed by atoms with E-state index in [9.17, 15) is 0 Å². The van der Waals surface area contributed by atoms with E-state index in [1.165, 1.54) is 10.9 Å². The lowest BCUT2D eigenvalue weighted by Gasteiger charge is -2.06. The first-order valence-electron chi connectivity index (χ1n) is 6.15. The molecule has 0 amide bonds. The molecular formula is C14H19N3. The Kier molecular flexibility index (Phi) is 4.47. The van der Waals surface area contributed by atoms with Crippen molar-refractivity contribution in [3.63, 3.8) is 0 Å². The molecule has 1 heterocycles. The van der Waals surface area contributed by atoms with Crippen LogP contribution in [0, 0.1) is 0 Å². The Labute approximate surface area is 102 Å². The van der Waals surface area contributed by atoms with Gasteiger partial charge in [0.25, 0.3) is 0 Å². The summed E-state index contributed by atoms with van der Waals surface area (Å²) < 4.78 is 0. The third-order valence-electron chi connectivity index (χ3n) is 2.85. The van der Waals surface area contributed by atoms with Crippen LogP contribution in [0.3, 0.4) is 0 Å². The van der Waals surface area contributed by atoms with E-state index in [-0.39, 0.29) is 0 Å². The van der Waals surface area contributed by atoms with Gasteiger partial charge < -0.3 is 11.1 Å². The molecule has 1 aromatic carbocycles. The Balaban J connectivity index is 1.98. The number of rotatable bonds is 6. The van der Waals surface area contributed by atoms with E-state index in [0.717, 1.165) is 38.0 Å². The number of nitrogens with one attached hydrogen (secondary N) is 1. The van der Waals surface area contributed by atoms with Gasteiger partial charge in [0.1, 0.15) is 0 Å². The normalized spacial score (nSPS) is 10.9. The summed E-state index contributed by atoms with van der Waals surface area (Å²) in [6.07, 6.45) is 3.90. The Bertz CT molecular complexity index is 462. The lowest BCUT2D eigenvalue weighted by molar-refractivity contribution is 0.654.